The molecule has 0 aromatic heterocycles. The number of nitrogens with one attached hydrogen (secondary N) is 1. The van der Waals surface area contributed by atoms with Crippen LogP contribution in [0.4, 0.5) is 5.69 Å². The fourth-order valence-corrected chi connectivity index (χ4v) is 1.94. The first-order valence-electron chi connectivity index (χ1n) is 7.22. The largest absolute Gasteiger partial charge is 0.496 e. The van der Waals surface area contributed by atoms with Crippen LogP contribution in [0.1, 0.15) is 5.56 Å². The van der Waals surface area contributed by atoms with Crippen LogP contribution in [0.25, 0.3) is 6.08 Å². The molecular weight excluding hydrogens is 308 g/mol. The van der Waals surface area contributed by atoms with Crippen molar-refractivity contribution in [2.75, 3.05) is 19.0 Å². The first-order chi connectivity index (χ1) is 11.6. The summed E-state index contributed by atoms with van der Waals surface area (Å²) in [4.78, 5) is 22.6. The normalized spacial score (nSPS) is 10.4. The molecule has 0 atom stereocenters. The van der Waals surface area contributed by atoms with Crippen molar-refractivity contribution >= 4 is 23.6 Å². The van der Waals surface area contributed by atoms with E-state index in [1.807, 2.05) is 24.3 Å². The maximum Gasteiger partial charge on any atom is 0.255 e. The van der Waals surface area contributed by atoms with Crippen molar-refractivity contribution in [3.63, 3.8) is 0 Å². The fourth-order valence-electron chi connectivity index (χ4n) is 1.94. The average molecular weight is 326 g/mol. The topological polar surface area (TPSA) is 90.7 Å². The predicted molar refractivity (Wildman–Crippen MR) is 91.8 cm³/mol. The summed E-state index contributed by atoms with van der Waals surface area (Å²) < 4.78 is 10.4. The van der Waals surface area contributed by atoms with Crippen LogP contribution in [0.5, 0.6) is 11.5 Å². The lowest BCUT2D eigenvalue weighted by atomic mass is 10.2. The highest BCUT2D eigenvalue weighted by molar-refractivity contribution is 6.02. The molecule has 2 aromatic carbocycles. The molecule has 124 valence electrons. The Morgan fingerprint density at radius 1 is 1.12 bits per heavy atom. The summed E-state index contributed by atoms with van der Waals surface area (Å²) in [5.41, 5.74) is 6.42. The summed E-state index contributed by atoms with van der Waals surface area (Å²) >= 11 is 0. The molecule has 2 amide bonds. The van der Waals surface area contributed by atoms with E-state index in [1.54, 1.807) is 37.5 Å². The van der Waals surface area contributed by atoms with E-state index in [0.29, 0.717) is 17.2 Å². The number of carbonyl (C=O) groups is 2. The van der Waals surface area contributed by atoms with Crippen molar-refractivity contribution in [2.24, 2.45) is 5.73 Å². The van der Waals surface area contributed by atoms with Crippen LogP contribution in [0.2, 0.25) is 0 Å². The molecule has 0 spiro atoms. The van der Waals surface area contributed by atoms with Gasteiger partial charge in [-0.25, -0.2) is 0 Å². The quantitative estimate of drug-likeness (QED) is 0.763. The van der Waals surface area contributed by atoms with Gasteiger partial charge in [0.25, 0.3) is 5.91 Å². The third-order valence-corrected chi connectivity index (χ3v) is 3.06. The fraction of sp³-hybridized carbons (Fsp3) is 0.111. The number of carbonyl (C=O) groups excluding carboxylic acids is 2. The second kappa shape index (κ2) is 8.38. The minimum Gasteiger partial charge on any atom is -0.496 e. The molecule has 0 saturated heterocycles. The van der Waals surface area contributed by atoms with Crippen LogP contribution in [0, 0.1) is 0 Å². The molecule has 0 radical (unpaired) electrons. The predicted octanol–water partition coefficient (Wildman–Crippen LogP) is 2.21. The van der Waals surface area contributed by atoms with Gasteiger partial charge >= 0.3 is 0 Å². The number of nitrogens with two attached hydrogens (primary N) is 1. The highest BCUT2D eigenvalue weighted by atomic mass is 16.5. The van der Waals surface area contributed by atoms with Gasteiger partial charge in [0.2, 0.25) is 5.91 Å². The summed E-state index contributed by atoms with van der Waals surface area (Å²) in [6.45, 7) is -0.187. The maximum absolute atomic E-state index is 12.0. The van der Waals surface area contributed by atoms with Crippen LogP contribution < -0.4 is 20.5 Å². The summed E-state index contributed by atoms with van der Waals surface area (Å²) in [5, 5.41) is 2.73. The van der Waals surface area contributed by atoms with E-state index >= 15 is 0 Å². The highest BCUT2D eigenvalue weighted by Gasteiger charge is 2.02. The third kappa shape index (κ3) is 5.17. The van der Waals surface area contributed by atoms with E-state index in [4.69, 9.17) is 15.2 Å². The minimum absolute atomic E-state index is 0.187. The van der Waals surface area contributed by atoms with Gasteiger partial charge in [-0.05, 0) is 36.4 Å². The molecule has 2 rings (SSSR count). The van der Waals surface area contributed by atoms with Crippen LogP contribution in [-0.4, -0.2) is 25.5 Å². The Bertz CT molecular complexity index is 739. The summed E-state index contributed by atoms with van der Waals surface area (Å²) in [5.74, 6) is 0.370. The number of para-hydroxylation sites is 1. The standard InChI is InChI=1S/C18H18N2O4/c1-23-16-5-3-2-4-13(16)6-11-18(22)20-14-7-9-15(10-8-14)24-12-17(19)21/h2-11H,12H2,1H3,(H2,19,21)(H,20,22)/b11-6+. The molecule has 0 bridgehead atoms. The number of ether oxygens (including phenoxy) is 2. The van der Waals surface area contributed by atoms with Crippen molar-refractivity contribution in [1.82, 2.24) is 0 Å². The monoisotopic (exact) mass is 326 g/mol. The molecule has 0 aliphatic carbocycles. The lowest BCUT2D eigenvalue weighted by Gasteiger charge is -2.06. The molecule has 2 aromatic rings. The molecule has 6 heteroatoms. The first-order valence-corrected chi connectivity index (χ1v) is 7.22. The zero-order valence-electron chi connectivity index (χ0n) is 13.2. The lowest BCUT2D eigenvalue weighted by Crippen LogP contribution is -2.20. The smallest absolute Gasteiger partial charge is 0.255 e. The Labute approximate surface area is 139 Å². The molecule has 0 fully saturated rings. The van der Waals surface area contributed by atoms with E-state index in [-0.39, 0.29) is 12.5 Å². The van der Waals surface area contributed by atoms with E-state index in [2.05, 4.69) is 5.32 Å². The van der Waals surface area contributed by atoms with Crippen LogP contribution in [0.3, 0.4) is 0 Å². The Kier molecular flexibility index (Phi) is 5.96. The van der Waals surface area contributed by atoms with Crippen molar-refractivity contribution in [3.05, 3.63) is 60.2 Å². The van der Waals surface area contributed by atoms with Crippen molar-refractivity contribution in [1.29, 1.82) is 0 Å². The zero-order chi connectivity index (χ0) is 17.4. The number of methoxy groups -OCH3 is 1. The summed E-state index contributed by atoms with van der Waals surface area (Å²) in [7, 11) is 1.58. The lowest BCUT2D eigenvalue weighted by molar-refractivity contribution is -0.120. The number of hydrogen-bond donors (Lipinski definition) is 2. The van der Waals surface area contributed by atoms with Gasteiger partial charge in [0.1, 0.15) is 11.5 Å². The molecule has 0 aliphatic rings. The molecule has 6 nitrogen and oxygen atoms in total. The van der Waals surface area contributed by atoms with Gasteiger partial charge in [-0.15, -0.1) is 0 Å². The summed E-state index contributed by atoms with van der Waals surface area (Å²) in [6.07, 6.45) is 3.11. The molecule has 3 N–H and O–H groups in total. The second-order valence-electron chi connectivity index (χ2n) is 4.84. The number of hydrogen-bond acceptors (Lipinski definition) is 4. The molecule has 0 aliphatic heterocycles. The van der Waals surface area contributed by atoms with E-state index in [0.717, 1.165) is 5.56 Å². The van der Waals surface area contributed by atoms with Gasteiger partial charge in [-0.2, -0.15) is 0 Å². The van der Waals surface area contributed by atoms with Crippen molar-refractivity contribution in [3.8, 4) is 11.5 Å². The molecule has 24 heavy (non-hydrogen) atoms. The molecular formula is C18H18N2O4. The van der Waals surface area contributed by atoms with E-state index in [1.165, 1.54) is 6.08 Å². The first kappa shape index (κ1) is 17.1. The summed E-state index contributed by atoms with van der Waals surface area (Å²) in [6, 6.07) is 14.0. The molecule has 0 unspecified atom stereocenters. The maximum atomic E-state index is 12.0. The number of primary amides is 1. The zero-order valence-corrected chi connectivity index (χ0v) is 13.2. The Morgan fingerprint density at radius 2 is 1.83 bits per heavy atom. The van der Waals surface area contributed by atoms with Crippen LogP contribution in [0.15, 0.2) is 54.6 Å². The number of rotatable bonds is 7. The van der Waals surface area contributed by atoms with Crippen molar-refractivity contribution in [2.45, 2.75) is 0 Å². The van der Waals surface area contributed by atoms with E-state index < -0.39 is 5.91 Å². The van der Waals surface area contributed by atoms with Gasteiger partial charge in [0.15, 0.2) is 6.61 Å². The average Bonchev–Trinajstić information content (AvgIpc) is 2.59. The van der Waals surface area contributed by atoms with Crippen molar-refractivity contribution < 1.29 is 19.1 Å². The van der Waals surface area contributed by atoms with Gasteiger partial charge in [-0.3, -0.25) is 9.59 Å². The number of anilines is 1. The van der Waals surface area contributed by atoms with Gasteiger partial charge in [-0.1, -0.05) is 18.2 Å². The van der Waals surface area contributed by atoms with Crippen LogP contribution in [-0.2, 0) is 9.59 Å². The minimum atomic E-state index is -0.547. The Balaban J connectivity index is 1.94. The number of amides is 2. The third-order valence-electron chi connectivity index (χ3n) is 3.06. The van der Waals surface area contributed by atoms with Gasteiger partial charge < -0.3 is 20.5 Å². The highest BCUT2D eigenvalue weighted by Crippen LogP contribution is 2.19. The van der Waals surface area contributed by atoms with Crippen LogP contribution >= 0.6 is 0 Å². The number of benzene rings is 2. The molecule has 0 heterocycles. The Hall–Kier alpha value is -3.28. The molecule has 0 saturated carbocycles. The second-order valence-corrected chi connectivity index (χ2v) is 4.84. The SMILES string of the molecule is COc1ccccc1/C=C/C(=O)Nc1ccc(OCC(N)=O)cc1. The Morgan fingerprint density at radius 3 is 2.50 bits per heavy atom. The van der Waals surface area contributed by atoms with Gasteiger partial charge in [0, 0.05) is 17.3 Å². The van der Waals surface area contributed by atoms with E-state index in [9.17, 15) is 9.59 Å². The van der Waals surface area contributed by atoms with Gasteiger partial charge in [0.05, 0.1) is 7.11 Å².